The normalized spacial score (nSPS) is 10.9. The molecule has 3 aromatic rings. The maximum atomic E-state index is 12.1. The third-order valence-electron chi connectivity index (χ3n) is 3.88. The second-order valence-electron chi connectivity index (χ2n) is 5.71. The quantitative estimate of drug-likeness (QED) is 0.579. The minimum Gasteiger partial charge on any atom is -0.355 e. The number of para-hydroxylation sites is 1. The number of aromatic amines is 1. The Balaban J connectivity index is 1.49. The molecule has 2 aromatic heterocycles. The van der Waals surface area contributed by atoms with Crippen LogP contribution >= 0.6 is 23.1 Å². The number of thiophene rings is 1. The molecule has 6 nitrogen and oxygen atoms in total. The number of fused-ring (bicyclic) bond motifs is 1. The molecule has 0 bridgehead atoms. The van der Waals surface area contributed by atoms with Gasteiger partial charge >= 0.3 is 5.69 Å². The molecule has 0 aliphatic heterocycles. The highest BCUT2D eigenvalue weighted by Gasteiger charge is 2.08. The van der Waals surface area contributed by atoms with Crippen molar-refractivity contribution in [1.82, 2.24) is 14.9 Å². The van der Waals surface area contributed by atoms with Gasteiger partial charge in [-0.2, -0.15) is 23.1 Å². The number of benzene rings is 1. The molecule has 26 heavy (non-hydrogen) atoms. The number of nitrogens with zero attached hydrogens (tertiary/aromatic N) is 1. The number of carbonyl (C=O) groups is 1. The Morgan fingerprint density at radius 3 is 2.88 bits per heavy atom. The molecule has 8 heteroatoms. The van der Waals surface area contributed by atoms with Crippen molar-refractivity contribution < 1.29 is 4.79 Å². The first-order valence-corrected chi connectivity index (χ1v) is 10.3. The maximum absolute atomic E-state index is 12.1. The van der Waals surface area contributed by atoms with Crippen LogP contribution in [0, 0.1) is 0 Å². The van der Waals surface area contributed by atoms with Crippen LogP contribution in [0.25, 0.3) is 10.9 Å². The predicted molar refractivity (Wildman–Crippen MR) is 107 cm³/mol. The van der Waals surface area contributed by atoms with Gasteiger partial charge in [0.2, 0.25) is 5.91 Å². The van der Waals surface area contributed by atoms with E-state index in [1.807, 2.05) is 0 Å². The van der Waals surface area contributed by atoms with Crippen LogP contribution in [-0.2, 0) is 17.1 Å². The molecule has 0 fully saturated rings. The molecule has 1 aromatic carbocycles. The number of nitrogens with one attached hydrogen (secondary N) is 2. The van der Waals surface area contributed by atoms with Crippen molar-refractivity contribution >= 4 is 39.9 Å². The van der Waals surface area contributed by atoms with E-state index in [2.05, 4.69) is 27.1 Å². The van der Waals surface area contributed by atoms with Crippen LogP contribution in [0.4, 0.5) is 0 Å². The van der Waals surface area contributed by atoms with Crippen molar-refractivity contribution in [1.29, 1.82) is 0 Å². The van der Waals surface area contributed by atoms with E-state index in [1.165, 1.54) is 10.1 Å². The number of thioether (sulfide) groups is 1. The fourth-order valence-electron chi connectivity index (χ4n) is 2.59. The molecule has 0 saturated heterocycles. The Kier molecular flexibility index (Phi) is 6.30. The lowest BCUT2D eigenvalue weighted by molar-refractivity contribution is -0.121. The molecule has 0 aliphatic rings. The van der Waals surface area contributed by atoms with Crippen molar-refractivity contribution in [3.8, 4) is 0 Å². The molecule has 0 spiro atoms. The van der Waals surface area contributed by atoms with Crippen molar-refractivity contribution in [3.05, 3.63) is 67.5 Å². The van der Waals surface area contributed by atoms with Gasteiger partial charge in [-0.25, -0.2) is 4.79 Å². The summed E-state index contributed by atoms with van der Waals surface area (Å²) in [7, 11) is 0. The standard InChI is InChI=1S/C18H19N3O3S2/c22-16(19-7-10-26-12-13-6-9-25-11-13)5-8-21-15-4-2-1-3-14(15)17(23)20-18(21)24/h1-4,6,9,11H,5,7-8,10,12H2,(H,19,22)(H,20,23,24). The fraction of sp³-hybridized carbons (Fsp3) is 0.278. The largest absolute Gasteiger partial charge is 0.355 e. The van der Waals surface area contributed by atoms with E-state index in [9.17, 15) is 14.4 Å². The zero-order valence-corrected chi connectivity index (χ0v) is 15.7. The number of rotatable bonds is 8. The zero-order chi connectivity index (χ0) is 18.4. The van der Waals surface area contributed by atoms with E-state index in [0.717, 1.165) is 11.5 Å². The van der Waals surface area contributed by atoms with Crippen LogP contribution in [0.15, 0.2) is 50.7 Å². The van der Waals surface area contributed by atoms with E-state index in [4.69, 9.17) is 0 Å². The van der Waals surface area contributed by atoms with Crippen LogP contribution in [-0.4, -0.2) is 27.8 Å². The molecule has 0 atom stereocenters. The first-order chi connectivity index (χ1) is 12.6. The third-order valence-corrected chi connectivity index (χ3v) is 5.65. The summed E-state index contributed by atoms with van der Waals surface area (Å²) in [6, 6.07) is 8.98. The summed E-state index contributed by atoms with van der Waals surface area (Å²) in [6.45, 7) is 0.818. The molecule has 0 saturated carbocycles. The lowest BCUT2D eigenvalue weighted by atomic mass is 10.2. The van der Waals surface area contributed by atoms with Crippen LogP contribution in [0.3, 0.4) is 0 Å². The van der Waals surface area contributed by atoms with Gasteiger partial charge in [0.1, 0.15) is 0 Å². The van der Waals surface area contributed by atoms with Crippen LogP contribution in [0.1, 0.15) is 12.0 Å². The van der Waals surface area contributed by atoms with Gasteiger partial charge in [0, 0.05) is 31.0 Å². The number of hydrogen-bond acceptors (Lipinski definition) is 5. The van der Waals surface area contributed by atoms with Gasteiger partial charge in [0.05, 0.1) is 10.9 Å². The smallest absolute Gasteiger partial charge is 0.328 e. The number of aromatic nitrogens is 2. The lowest BCUT2D eigenvalue weighted by Gasteiger charge is -2.09. The predicted octanol–water partition coefficient (Wildman–Crippen LogP) is 2.19. The van der Waals surface area contributed by atoms with Gasteiger partial charge in [0.15, 0.2) is 0 Å². The van der Waals surface area contributed by atoms with E-state index in [0.29, 0.717) is 17.4 Å². The van der Waals surface area contributed by atoms with E-state index in [1.54, 1.807) is 47.4 Å². The average molecular weight is 390 g/mol. The van der Waals surface area contributed by atoms with Crippen LogP contribution < -0.4 is 16.6 Å². The second kappa shape index (κ2) is 8.86. The number of aryl methyl sites for hydroxylation is 1. The summed E-state index contributed by atoms with van der Waals surface area (Å²) in [4.78, 5) is 38.2. The number of carbonyl (C=O) groups excluding carboxylic acids is 1. The monoisotopic (exact) mass is 389 g/mol. The molecular formula is C18H19N3O3S2. The summed E-state index contributed by atoms with van der Waals surface area (Å²) in [5, 5.41) is 7.49. The van der Waals surface area contributed by atoms with Crippen molar-refractivity contribution in [3.63, 3.8) is 0 Å². The number of hydrogen-bond donors (Lipinski definition) is 2. The van der Waals surface area contributed by atoms with Gasteiger partial charge in [-0.15, -0.1) is 0 Å². The first-order valence-electron chi connectivity index (χ1n) is 8.22. The topological polar surface area (TPSA) is 84.0 Å². The Morgan fingerprint density at radius 2 is 2.08 bits per heavy atom. The van der Waals surface area contributed by atoms with Gasteiger partial charge in [-0.1, -0.05) is 12.1 Å². The molecule has 0 unspecified atom stereocenters. The highest BCUT2D eigenvalue weighted by atomic mass is 32.2. The van der Waals surface area contributed by atoms with Crippen molar-refractivity contribution in [2.45, 2.75) is 18.7 Å². The highest BCUT2D eigenvalue weighted by molar-refractivity contribution is 7.98. The maximum Gasteiger partial charge on any atom is 0.328 e. The third kappa shape index (κ3) is 4.64. The van der Waals surface area contributed by atoms with E-state index in [-0.39, 0.29) is 18.9 Å². The number of amides is 1. The average Bonchev–Trinajstić information content (AvgIpc) is 3.15. The zero-order valence-electron chi connectivity index (χ0n) is 14.1. The summed E-state index contributed by atoms with van der Waals surface area (Å²) < 4.78 is 1.43. The molecule has 0 radical (unpaired) electrons. The summed E-state index contributed by atoms with van der Waals surface area (Å²) in [5.41, 5.74) is 0.942. The van der Waals surface area contributed by atoms with Crippen LogP contribution in [0.2, 0.25) is 0 Å². The molecular weight excluding hydrogens is 370 g/mol. The van der Waals surface area contributed by atoms with Crippen LogP contribution in [0.5, 0.6) is 0 Å². The Labute approximate surface area is 158 Å². The highest BCUT2D eigenvalue weighted by Crippen LogP contribution is 2.14. The Bertz CT molecular complexity index is 993. The van der Waals surface area contributed by atoms with Crippen molar-refractivity contribution in [2.75, 3.05) is 12.3 Å². The lowest BCUT2D eigenvalue weighted by Crippen LogP contribution is -2.33. The summed E-state index contributed by atoms with van der Waals surface area (Å²) in [5.74, 6) is 1.67. The van der Waals surface area contributed by atoms with Gasteiger partial charge < -0.3 is 5.32 Å². The summed E-state index contributed by atoms with van der Waals surface area (Å²) >= 11 is 3.45. The molecule has 3 rings (SSSR count). The Hall–Kier alpha value is -2.32. The molecule has 2 N–H and O–H groups in total. The molecule has 1 amide bonds. The first kappa shape index (κ1) is 18.5. The fourth-order valence-corrected chi connectivity index (χ4v) is 4.17. The van der Waals surface area contributed by atoms with Crippen molar-refractivity contribution in [2.24, 2.45) is 0 Å². The molecule has 2 heterocycles. The SMILES string of the molecule is O=C(CCn1c(=O)[nH]c(=O)c2ccccc21)NCCSCc1ccsc1. The van der Waals surface area contributed by atoms with Gasteiger partial charge in [0.25, 0.3) is 5.56 Å². The minimum absolute atomic E-state index is 0.108. The van der Waals surface area contributed by atoms with Gasteiger partial charge in [-0.05, 0) is 34.5 Å². The minimum atomic E-state index is -0.493. The molecule has 136 valence electrons. The van der Waals surface area contributed by atoms with E-state index >= 15 is 0 Å². The number of H-pyrrole nitrogens is 1. The summed E-state index contributed by atoms with van der Waals surface area (Å²) in [6.07, 6.45) is 0.186. The van der Waals surface area contributed by atoms with Gasteiger partial charge in [-0.3, -0.25) is 19.1 Å². The second-order valence-corrected chi connectivity index (χ2v) is 7.60. The Morgan fingerprint density at radius 1 is 1.23 bits per heavy atom. The van der Waals surface area contributed by atoms with E-state index < -0.39 is 11.2 Å². The molecule has 0 aliphatic carbocycles.